The molecule has 0 atom stereocenters. The molecule has 1 aromatic heterocycles. The lowest BCUT2D eigenvalue weighted by Gasteiger charge is -2.27. The van der Waals surface area contributed by atoms with Crippen molar-refractivity contribution in [3.05, 3.63) is 34.2 Å². The van der Waals surface area contributed by atoms with Crippen LogP contribution in [0.4, 0.5) is 0 Å². The Labute approximate surface area is 104 Å². The summed E-state index contributed by atoms with van der Waals surface area (Å²) in [6.45, 7) is 0. The minimum absolute atomic E-state index is 0.259. The average Bonchev–Trinajstić information content (AvgIpc) is 2.78. The van der Waals surface area contributed by atoms with E-state index in [1.165, 1.54) is 6.07 Å². The van der Waals surface area contributed by atoms with Crippen LogP contribution in [-0.2, 0) is 0 Å². The molecule has 1 saturated carbocycles. The van der Waals surface area contributed by atoms with Gasteiger partial charge in [0.05, 0.1) is 5.54 Å². The molecule has 0 radical (unpaired) electrons. The second-order valence-electron chi connectivity index (χ2n) is 4.50. The fraction of sp³-hybridized carbons (Fsp3) is 0.500. The maximum absolute atomic E-state index is 12.0. The fourth-order valence-corrected chi connectivity index (χ4v) is 2.57. The Morgan fingerprint density at radius 1 is 1.41 bits per heavy atom. The van der Waals surface area contributed by atoms with Gasteiger partial charge in [-0.15, -0.1) is 11.6 Å². The lowest BCUT2D eigenvalue weighted by atomic mass is 10.0. The number of hydrogen-bond donors (Lipinski definition) is 2. The Hall–Kier alpha value is -1.29. The summed E-state index contributed by atoms with van der Waals surface area (Å²) in [7, 11) is 0. The largest absolute Gasteiger partial charge is 0.344 e. The fourth-order valence-electron chi connectivity index (χ4n) is 2.23. The summed E-state index contributed by atoms with van der Waals surface area (Å²) >= 11 is 5.94. The van der Waals surface area contributed by atoms with Gasteiger partial charge in [0, 0.05) is 11.9 Å². The van der Waals surface area contributed by atoms with Crippen molar-refractivity contribution >= 4 is 17.5 Å². The molecule has 0 unspecified atom stereocenters. The molecule has 0 bridgehead atoms. The molecule has 0 spiro atoms. The van der Waals surface area contributed by atoms with Crippen LogP contribution in [0.2, 0.25) is 0 Å². The molecule has 1 fully saturated rings. The highest BCUT2D eigenvalue weighted by atomic mass is 35.5. The van der Waals surface area contributed by atoms with E-state index in [2.05, 4.69) is 10.3 Å². The van der Waals surface area contributed by atoms with Crippen molar-refractivity contribution in [2.45, 2.75) is 31.2 Å². The van der Waals surface area contributed by atoms with Crippen LogP contribution in [0.3, 0.4) is 0 Å². The summed E-state index contributed by atoms with van der Waals surface area (Å²) in [5.74, 6) is 0.153. The Morgan fingerprint density at radius 2 is 2.12 bits per heavy atom. The zero-order valence-corrected chi connectivity index (χ0v) is 10.2. The van der Waals surface area contributed by atoms with Crippen LogP contribution < -0.4 is 10.9 Å². The number of aromatic nitrogens is 1. The molecule has 5 heteroatoms. The van der Waals surface area contributed by atoms with E-state index in [-0.39, 0.29) is 22.7 Å². The van der Waals surface area contributed by atoms with Crippen molar-refractivity contribution in [2.24, 2.45) is 0 Å². The number of nitrogens with one attached hydrogen (secondary N) is 2. The van der Waals surface area contributed by atoms with E-state index in [1.54, 1.807) is 12.1 Å². The molecule has 4 nitrogen and oxygen atoms in total. The smallest absolute Gasteiger partial charge is 0.268 e. The number of hydrogen-bond acceptors (Lipinski definition) is 2. The topological polar surface area (TPSA) is 62.0 Å². The maximum atomic E-state index is 12.0. The van der Waals surface area contributed by atoms with E-state index >= 15 is 0 Å². The number of rotatable bonds is 3. The van der Waals surface area contributed by atoms with E-state index in [0.717, 1.165) is 25.7 Å². The third kappa shape index (κ3) is 2.69. The predicted octanol–water partition coefficient (Wildman–Crippen LogP) is 1.66. The van der Waals surface area contributed by atoms with E-state index in [9.17, 15) is 9.59 Å². The van der Waals surface area contributed by atoms with Gasteiger partial charge in [0.2, 0.25) is 5.56 Å². The summed E-state index contributed by atoms with van der Waals surface area (Å²) in [5, 5.41) is 2.94. The van der Waals surface area contributed by atoms with Gasteiger partial charge in [0.1, 0.15) is 5.69 Å². The highest BCUT2D eigenvalue weighted by Gasteiger charge is 2.34. The van der Waals surface area contributed by atoms with Crippen molar-refractivity contribution in [3.8, 4) is 0 Å². The molecule has 2 N–H and O–H groups in total. The van der Waals surface area contributed by atoms with Gasteiger partial charge in [-0.2, -0.15) is 0 Å². The van der Waals surface area contributed by atoms with Crippen LogP contribution in [0.25, 0.3) is 0 Å². The minimum Gasteiger partial charge on any atom is -0.344 e. The highest BCUT2D eigenvalue weighted by Crippen LogP contribution is 2.30. The van der Waals surface area contributed by atoms with Crippen molar-refractivity contribution in [2.75, 3.05) is 5.88 Å². The van der Waals surface area contributed by atoms with Crippen LogP contribution in [0, 0.1) is 0 Å². The van der Waals surface area contributed by atoms with Crippen LogP contribution in [-0.4, -0.2) is 22.3 Å². The monoisotopic (exact) mass is 254 g/mol. The molecule has 2 rings (SSSR count). The molecule has 1 aromatic rings. The van der Waals surface area contributed by atoms with Gasteiger partial charge in [0.25, 0.3) is 5.91 Å². The number of pyridine rings is 1. The van der Waals surface area contributed by atoms with Crippen molar-refractivity contribution in [1.82, 2.24) is 10.3 Å². The molecule has 17 heavy (non-hydrogen) atoms. The lowest BCUT2D eigenvalue weighted by molar-refractivity contribution is 0.0904. The minimum atomic E-state index is -0.300. The normalized spacial score (nSPS) is 17.9. The number of carbonyl (C=O) groups excluding carboxylic acids is 1. The summed E-state index contributed by atoms with van der Waals surface area (Å²) in [6, 6.07) is 4.53. The summed E-state index contributed by atoms with van der Waals surface area (Å²) in [5.41, 5.74) is -0.288. The first-order valence-electron chi connectivity index (χ1n) is 5.73. The SMILES string of the molecule is O=C(NC1(CCl)CCCC1)c1cccc(=O)[nH]1. The number of alkyl halides is 1. The summed E-state index contributed by atoms with van der Waals surface area (Å²) < 4.78 is 0. The van der Waals surface area contributed by atoms with Gasteiger partial charge < -0.3 is 10.3 Å². The number of halogens is 1. The molecule has 1 amide bonds. The van der Waals surface area contributed by atoms with Gasteiger partial charge in [-0.05, 0) is 18.9 Å². The predicted molar refractivity (Wildman–Crippen MR) is 66.4 cm³/mol. The van der Waals surface area contributed by atoms with Crippen molar-refractivity contribution in [1.29, 1.82) is 0 Å². The number of H-pyrrole nitrogens is 1. The Balaban J connectivity index is 2.13. The van der Waals surface area contributed by atoms with Crippen LogP contribution in [0.15, 0.2) is 23.0 Å². The van der Waals surface area contributed by atoms with Crippen LogP contribution >= 0.6 is 11.6 Å². The highest BCUT2D eigenvalue weighted by molar-refractivity contribution is 6.19. The average molecular weight is 255 g/mol. The maximum Gasteiger partial charge on any atom is 0.268 e. The molecular weight excluding hydrogens is 240 g/mol. The van der Waals surface area contributed by atoms with E-state index in [4.69, 9.17) is 11.6 Å². The Kier molecular flexibility index (Phi) is 3.52. The van der Waals surface area contributed by atoms with Gasteiger partial charge in [-0.25, -0.2) is 0 Å². The van der Waals surface area contributed by atoms with Crippen molar-refractivity contribution in [3.63, 3.8) is 0 Å². The zero-order chi connectivity index (χ0) is 12.3. The quantitative estimate of drug-likeness (QED) is 0.806. The molecular formula is C12H15ClN2O2. The molecule has 1 aliphatic carbocycles. The first-order valence-corrected chi connectivity index (χ1v) is 6.26. The molecule has 0 saturated heterocycles. The molecule has 92 valence electrons. The summed E-state index contributed by atoms with van der Waals surface area (Å²) in [4.78, 5) is 25.6. The molecule has 1 aliphatic rings. The first kappa shape index (κ1) is 12.2. The number of carbonyl (C=O) groups is 1. The van der Waals surface area contributed by atoms with E-state index in [1.807, 2.05) is 0 Å². The van der Waals surface area contributed by atoms with Gasteiger partial charge in [0.15, 0.2) is 0 Å². The second kappa shape index (κ2) is 4.92. The first-order chi connectivity index (χ1) is 8.15. The standard InChI is InChI=1S/C12H15ClN2O2/c13-8-12(6-1-2-7-12)15-11(17)9-4-3-5-10(16)14-9/h3-5H,1-2,6-8H2,(H,14,16)(H,15,17). The third-order valence-corrected chi connectivity index (χ3v) is 3.72. The molecule has 1 heterocycles. The number of amides is 1. The van der Waals surface area contributed by atoms with Gasteiger partial charge in [-0.3, -0.25) is 9.59 Å². The zero-order valence-electron chi connectivity index (χ0n) is 9.46. The molecule has 0 aliphatic heterocycles. The summed E-state index contributed by atoms with van der Waals surface area (Å²) in [6.07, 6.45) is 3.97. The van der Waals surface area contributed by atoms with Crippen LogP contribution in [0.1, 0.15) is 36.2 Å². The van der Waals surface area contributed by atoms with E-state index < -0.39 is 0 Å². The lowest BCUT2D eigenvalue weighted by Crippen LogP contribution is -2.48. The Bertz CT molecular complexity index is 464. The van der Waals surface area contributed by atoms with Gasteiger partial charge in [-0.1, -0.05) is 18.9 Å². The number of aromatic amines is 1. The van der Waals surface area contributed by atoms with Crippen molar-refractivity contribution < 1.29 is 4.79 Å². The Morgan fingerprint density at radius 3 is 2.71 bits per heavy atom. The third-order valence-electron chi connectivity index (χ3n) is 3.21. The van der Waals surface area contributed by atoms with Gasteiger partial charge >= 0.3 is 0 Å². The molecule has 0 aromatic carbocycles. The van der Waals surface area contributed by atoms with E-state index in [0.29, 0.717) is 5.88 Å². The van der Waals surface area contributed by atoms with Crippen LogP contribution in [0.5, 0.6) is 0 Å². The second-order valence-corrected chi connectivity index (χ2v) is 4.77.